The average Bonchev–Trinajstić information content (AvgIpc) is 2.92. The molecule has 1 aliphatic rings. The van der Waals surface area contributed by atoms with E-state index in [4.69, 9.17) is 4.74 Å². The number of carboxylic acids is 1. The van der Waals surface area contributed by atoms with Crippen molar-refractivity contribution in [1.29, 1.82) is 0 Å². The monoisotopic (exact) mass is 561 g/mol. The van der Waals surface area contributed by atoms with Crippen LogP contribution in [0.15, 0.2) is 36.5 Å². The van der Waals surface area contributed by atoms with Crippen LogP contribution in [0, 0.1) is 22.9 Å². The van der Waals surface area contributed by atoms with Crippen molar-refractivity contribution >= 4 is 22.6 Å². The van der Waals surface area contributed by atoms with Crippen molar-refractivity contribution in [3.63, 3.8) is 0 Å². The topological polar surface area (TPSA) is 65.9 Å². The summed E-state index contributed by atoms with van der Waals surface area (Å²) in [5.41, 5.74) is 0.513. The number of likely N-dealkylation sites (tertiary alicyclic amines) is 1. The van der Waals surface area contributed by atoms with Gasteiger partial charge in [0.15, 0.2) is 0 Å². The SMILES string of the molecule is COc1ccc2ncc(N(C)C)c([C@@H](F)CCC3(C(=O)O)CCN(CCCc4c(F)cc(F)cc4F)CC3)c2c1. The Hall–Kier alpha value is -3.40. The van der Waals surface area contributed by atoms with Crippen LogP contribution in [0.4, 0.5) is 23.2 Å². The molecule has 0 unspecified atom stereocenters. The second kappa shape index (κ2) is 12.4. The van der Waals surface area contributed by atoms with Crippen LogP contribution in [0.3, 0.4) is 0 Å². The Morgan fingerprint density at radius 3 is 2.42 bits per heavy atom. The minimum absolute atomic E-state index is 0.0343. The lowest BCUT2D eigenvalue weighted by Crippen LogP contribution is -2.44. The lowest BCUT2D eigenvalue weighted by Gasteiger charge is -2.39. The number of carboxylic acid groups (broad SMARTS) is 1. The van der Waals surface area contributed by atoms with E-state index in [1.165, 1.54) is 0 Å². The van der Waals surface area contributed by atoms with Crippen LogP contribution in [0.5, 0.6) is 5.75 Å². The fourth-order valence-electron chi connectivity index (χ4n) is 5.61. The summed E-state index contributed by atoms with van der Waals surface area (Å²) in [6, 6.07) is 6.64. The lowest BCUT2D eigenvalue weighted by molar-refractivity contribution is -0.153. The van der Waals surface area contributed by atoms with Crippen molar-refractivity contribution in [2.24, 2.45) is 5.41 Å². The van der Waals surface area contributed by atoms with Gasteiger partial charge in [-0.15, -0.1) is 0 Å². The second-order valence-corrected chi connectivity index (χ2v) is 10.7. The predicted octanol–water partition coefficient (Wildman–Crippen LogP) is 6.32. The fourth-order valence-corrected chi connectivity index (χ4v) is 5.61. The first-order valence-electron chi connectivity index (χ1n) is 13.4. The van der Waals surface area contributed by atoms with Crippen LogP contribution in [0.25, 0.3) is 10.9 Å². The molecule has 0 spiro atoms. The van der Waals surface area contributed by atoms with E-state index in [1.54, 1.807) is 36.4 Å². The number of rotatable bonds is 11. The number of piperidine rings is 1. The average molecular weight is 562 g/mol. The fraction of sp³-hybridized carbons (Fsp3) is 0.467. The molecular weight excluding hydrogens is 526 g/mol. The number of nitrogens with zero attached hydrogens (tertiary/aromatic N) is 3. The highest BCUT2D eigenvalue weighted by atomic mass is 19.1. The molecule has 0 aliphatic carbocycles. The number of ether oxygens (including phenoxy) is 1. The maximum atomic E-state index is 16.0. The number of benzene rings is 2. The molecule has 216 valence electrons. The molecule has 0 amide bonds. The van der Waals surface area contributed by atoms with Gasteiger partial charge >= 0.3 is 5.97 Å². The van der Waals surface area contributed by atoms with Gasteiger partial charge in [0.25, 0.3) is 0 Å². The van der Waals surface area contributed by atoms with Crippen molar-refractivity contribution in [2.75, 3.05) is 45.7 Å². The Morgan fingerprint density at radius 1 is 1.15 bits per heavy atom. The van der Waals surface area contributed by atoms with Crippen molar-refractivity contribution in [1.82, 2.24) is 9.88 Å². The molecule has 0 saturated carbocycles. The Bertz CT molecular complexity index is 1340. The summed E-state index contributed by atoms with van der Waals surface area (Å²) in [5.74, 6) is -3.12. The summed E-state index contributed by atoms with van der Waals surface area (Å²) in [6.07, 6.45) is 1.67. The van der Waals surface area contributed by atoms with E-state index in [1.807, 2.05) is 14.1 Å². The third-order valence-electron chi connectivity index (χ3n) is 8.04. The second-order valence-electron chi connectivity index (χ2n) is 10.7. The van der Waals surface area contributed by atoms with Gasteiger partial charge < -0.3 is 19.6 Å². The van der Waals surface area contributed by atoms with Crippen LogP contribution in [-0.4, -0.2) is 61.8 Å². The van der Waals surface area contributed by atoms with Gasteiger partial charge in [-0.1, -0.05) is 0 Å². The Labute approximate surface area is 231 Å². The highest BCUT2D eigenvalue weighted by Gasteiger charge is 2.42. The molecule has 1 atom stereocenters. The quantitative estimate of drug-likeness (QED) is 0.277. The zero-order valence-corrected chi connectivity index (χ0v) is 23.0. The molecule has 2 heterocycles. The maximum absolute atomic E-state index is 16.0. The van der Waals surface area contributed by atoms with E-state index >= 15 is 4.39 Å². The molecule has 40 heavy (non-hydrogen) atoms. The summed E-state index contributed by atoms with van der Waals surface area (Å²) >= 11 is 0. The van der Waals surface area contributed by atoms with E-state index in [-0.39, 0.29) is 24.8 Å². The number of methoxy groups -OCH3 is 1. The van der Waals surface area contributed by atoms with Gasteiger partial charge in [0, 0.05) is 42.7 Å². The first-order chi connectivity index (χ1) is 19.0. The van der Waals surface area contributed by atoms with Gasteiger partial charge in [-0.2, -0.15) is 0 Å². The number of hydrogen-bond acceptors (Lipinski definition) is 5. The van der Waals surface area contributed by atoms with Crippen LogP contribution in [0.1, 0.15) is 49.4 Å². The number of hydrogen-bond donors (Lipinski definition) is 1. The molecule has 2 aromatic carbocycles. The van der Waals surface area contributed by atoms with Gasteiger partial charge in [0.1, 0.15) is 29.4 Å². The van der Waals surface area contributed by atoms with Crippen molar-refractivity contribution in [3.05, 3.63) is 65.1 Å². The largest absolute Gasteiger partial charge is 0.497 e. The number of pyridine rings is 1. The number of halogens is 4. The standard InChI is InChI=1S/C30H35F4N3O3/c1-36(2)27-18-35-26-7-6-20(40-3)17-22(26)28(27)23(32)8-9-30(29(38)39)10-13-37(14-11-30)12-4-5-21-24(33)15-19(31)16-25(21)34/h6-7,15-18,23H,4-5,8-14H2,1-3H3,(H,38,39)/t23-/m0/s1. The predicted molar refractivity (Wildman–Crippen MR) is 146 cm³/mol. The molecule has 1 saturated heterocycles. The molecule has 3 aromatic rings. The third kappa shape index (κ3) is 6.32. The highest BCUT2D eigenvalue weighted by Crippen LogP contribution is 2.43. The van der Waals surface area contributed by atoms with Gasteiger partial charge in [-0.25, -0.2) is 17.6 Å². The zero-order valence-electron chi connectivity index (χ0n) is 23.0. The molecule has 0 radical (unpaired) electrons. The number of aliphatic carboxylic acids is 1. The highest BCUT2D eigenvalue weighted by molar-refractivity contribution is 5.88. The van der Waals surface area contributed by atoms with Crippen molar-refractivity contribution < 1.29 is 32.2 Å². The van der Waals surface area contributed by atoms with E-state index < -0.39 is 35.0 Å². The minimum atomic E-state index is -1.41. The normalized spacial score (nSPS) is 16.2. The Morgan fingerprint density at radius 2 is 1.82 bits per heavy atom. The van der Waals surface area contributed by atoms with Gasteiger partial charge in [-0.3, -0.25) is 9.78 Å². The molecule has 1 N–H and O–H groups in total. The molecule has 4 rings (SSSR count). The summed E-state index contributed by atoms with van der Waals surface area (Å²) in [6.45, 7) is 1.49. The molecule has 6 nitrogen and oxygen atoms in total. The van der Waals surface area contributed by atoms with E-state index in [2.05, 4.69) is 9.88 Å². The van der Waals surface area contributed by atoms with Crippen LogP contribution >= 0.6 is 0 Å². The number of aromatic nitrogens is 1. The van der Waals surface area contributed by atoms with Crippen LogP contribution < -0.4 is 9.64 Å². The molecule has 1 aromatic heterocycles. The maximum Gasteiger partial charge on any atom is 0.309 e. The molecular formula is C30H35F4N3O3. The smallest absolute Gasteiger partial charge is 0.309 e. The lowest BCUT2D eigenvalue weighted by atomic mass is 9.74. The van der Waals surface area contributed by atoms with Gasteiger partial charge in [0.05, 0.1) is 29.9 Å². The van der Waals surface area contributed by atoms with Crippen LogP contribution in [-0.2, 0) is 11.2 Å². The molecule has 1 fully saturated rings. The third-order valence-corrected chi connectivity index (χ3v) is 8.04. The van der Waals surface area contributed by atoms with Gasteiger partial charge in [-0.05, 0) is 76.4 Å². The van der Waals surface area contributed by atoms with E-state index in [0.29, 0.717) is 78.9 Å². The molecule has 1 aliphatic heterocycles. The Kier molecular flexibility index (Phi) is 9.18. The summed E-state index contributed by atoms with van der Waals surface area (Å²) < 4.78 is 62.4. The summed E-state index contributed by atoms with van der Waals surface area (Å²) in [5, 5.41) is 10.8. The van der Waals surface area contributed by atoms with E-state index in [9.17, 15) is 23.1 Å². The van der Waals surface area contributed by atoms with Crippen molar-refractivity contribution in [2.45, 2.75) is 44.7 Å². The number of anilines is 1. The van der Waals surface area contributed by atoms with Gasteiger partial charge in [0.2, 0.25) is 0 Å². The Balaban J connectivity index is 1.41. The first kappa shape index (κ1) is 29.6. The molecule has 10 heteroatoms. The molecule has 0 bridgehead atoms. The minimum Gasteiger partial charge on any atom is -0.497 e. The first-order valence-corrected chi connectivity index (χ1v) is 13.4. The van der Waals surface area contributed by atoms with Crippen LogP contribution in [0.2, 0.25) is 0 Å². The summed E-state index contributed by atoms with van der Waals surface area (Å²) in [7, 11) is 5.17. The van der Waals surface area contributed by atoms with Crippen molar-refractivity contribution in [3.8, 4) is 5.75 Å². The summed E-state index contributed by atoms with van der Waals surface area (Å²) in [4.78, 5) is 20.7. The number of alkyl halides is 1. The number of carbonyl (C=O) groups is 1. The zero-order chi connectivity index (χ0) is 29.0. The number of fused-ring (bicyclic) bond motifs is 1. The van der Waals surface area contributed by atoms with E-state index in [0.717, 1.165) is 0 Å².